The molecule has 0 atom stereocenters. The second kappa shape index (κ2) is 8.96. The molecule has 1 N–H and O–H groups in total. The molecule has 6 heteroatoms. The maximum Gasteiger partial charge on any atom is 0.323 e. The molecule has 0 aliphatic rings. The second-order valence-corrected chi connectivity index (χ2v) is 5.84. The predicted octanol–water partition coefficient (Wildman–Crippen LogP) is 2.62. The minimum Gasteiger partial charge on any atom is -0.493 e. The molecule has 1 aromatic rings. The minimum absolute atomic E-state index is 0.154. The Labute approximate surface area is 142 Å². The second-order valence-electron chi connectivity index (χ2n) is 5.84. The van der Waals surface area contributed by atoms with Crippen LogP contribution in [0, 0.1) is 5.92 Å². The van der Waals surface area contributed by atoms with Crippen LogP contribution in [-0.4, -0.2) is 49.2 Å². The highest BCUT2D eigenvalue weighted by molar-refractivity contribution is 5.96. The molecular formula is C18H25NO5. The molecule has 0 bridgehead atoms. The number of aliphatic carboxylic acids is 1. The number of carbonyl (C=O) groups is 2. The van der Waals surface area contributed by atoms with Gasteiger partial charge in [-0.2, -0.15) is 0 Å². The highest BCUT2D eigenvalue weighted by atomic mass is 16.5. The van der Waals surface area contributed by atoms with Crippen molar-refractivity contribution in [2.24, 2.45) is 5.92 Å². The van der Waals surface area contributed by atoms with Crippen LogP contribution in [0.5, 0.6) is 11.5 Å². The number of benzene rings is 1. The third-order valence-electron chi connectivity index (χ3n) is 3.37. The Kier molecular flexibility index (Phi) is 7.30. The lowest BCUT2D eigenvalue weighted by Gasteiger charge is -2.23. The van der Waals surface area contributed by atoms with Gasteiger partial charge in [-0.05, 0) is 24.5 Å². The van der Waals surface area contributed by atoms with Gasteiger partial charge < -0.3 is 19.5 Å². The van der Waals surface area contributed by atoms with Crippen molar-refractivity contribution in [2.75, 3.05) is 27.3 Å². The van der Waals surface area contributed by atoms with Crippen LogP contribution in [0.1, 0.15) is 29.8 Å². The van der Waals surface area contributed by atoms with Gasteiger partial charge in [0, 0.05) is 17.7 Å². The topological polar surface area (TPSA) is 76.1 Å². The van der Waals surface area contributed by atoms with E-state index >= 15 is 0 Å². The van der Waals surface area contributed by atoms with Gasteiger partial charge in [-0.1, -0.05) is 19.9 Å². The molecule has 1 rings (SSSR count). The molecule has 1 aromatic carbocycles. The molecule has 0 unspecified atom stereocenters. The van der Waals surface area contributed by atoms with Crippen LogP contribution in [0.25, 0.3) is 0 Å². The number of hydrogen-bond acceptors (Lipinski definition) is 4. The maximum atomic E-state index is 12.8. The molecule has 1 amide bonds. The number of rotatable bonds is 9. The number of nitrogens with zero attached hydrogens (tertiary/aromatic N) is 1. The Morgan fingerprint density at radius 1 is 1.29 bits per heavy atom. The van der Waals surface area contributed by atoms with E-state index in [0.717, 1.165) is 5.56 Å². The van der Waals surface area contributed by atoms with Crippen LogP contribution in [-0.2, 0) is 11.2 Å². The first-order valence-electron chi connectivity index (χ1n) is 7.70. The lowest BCUT2D eigenvalue weighted by atomic mass is 10.0. The minimum atomic E-state index is -1.05. The van der Waals surface area contributed by atoms with Crippen molar-refractivity contribution >= 4 is 11.9 Å². The fourth-order valence-electron chi connectivity index (χ4n) is 2.48. The van der Waals surface area contributed by atoms with Gasteiger partial charge in [-0.15, -0.1) is 6.58 Å². The fourth-order valence-corrected chi connectivity index (χ4v) is 2.48. The number of carbonyl (C=O) groups excluding carboxylic acids is 1. The lowest BCUT2D eigenvalue weighted by Crippen LogP contribution is -2.38. The van der Waals surface area contributed by atoms with Crippen LogP contribution >= 0.6 is 0 Å². The van der Waals surface area contributed by atoms with Crippen molar-refractivity contribution in [3.63, 3.8) is 0 Å². The summed E-state index contributed by atoms with van der Waals surface area (Å²) in [5.41, 5.74) is 1.13. The first kappa shape index (κ1) is 19.5. The fraction of sp³-hybridized carbons (Fsp3) is 0.444. The van der Waals surface area contributed by atoms with Gasteiger partial charge in [0.15, 0.2) is 11.5 Å². The Hall–Kier alpha value is -2.50. The van der Waals surface area contributed by atoms with E-state index < -0.39 is 5.97 Å². The van der Waals surface area contributed by atoms with E-state index in [9.17, 15) is 9.59 Å². The van der Waals surface area contributed by atoms with Gasteiger partial charge >= 0.3 is 5.97 Å². The molecule has 6 nitrogen and oxygen atoms in total. The van der Waals surface area contributed by atoms with Crippen LogP contribution in [0.2, 0.25) is 0 Å². The zero-order valence-electron chi connectivity index (χ0n) is 14.7. The summed E-state index contributed by atoms with van der Waals surface area (Å²) in [4.78, 5) is 25.2. The number of allylic oxidation sites excluding steroid dienone is 1. The zero-order valence-corrected chi connectivity index (χ0v) is 14.7. The molecule has 0 aromatic heterocycles. The van der Waals surface area contributed by atoms with Crippen LogP contribution in [0.15, 0.2) is 24.8 Å². The normalized spacial score (nSPS) is 10.4. The molecular weight excluding hydrogens is 310 g/mol. The number of hydrogen-bond donors (Lipinski definition) is 1. The quantitative estimate of drug-likeness (QED) is 0.702. The predicted molar refractivity (Wildman–Crippen MR) is 91.8 cm³/mol. The average Bonchev–Trinajstić information content (AvgIpc) is 2.52. The van der Waals surface area contributed by atoms with E-state index in [2.05, 4.69) is 6.58 Å². The Morgan fingerprint density at radius 3 is 2.42 bits per heavy atom. The van der Waals surface area contributed by atoms with E-state index in [4.69, 9.17) is 14.6 Å². The van der Waals surface area contributed by atoms with Gasteiger partial charge in [-0.3, -0.25) is 9.59 Å². The van der Waals surface area contributed by atoms with Crippen LogP contribution in [0.3, 0.4) is 0 Å². The van der Waals surface area contributed by atoms with Crippen molar-refractivity contribution in [2.45, 2.75) is 20.3 Å². The molecule has 0 fully saturated rings. The van der Waals surface area contributed by atoms with E-state index in [1.807, 2.05) is 13.8 Å². The molecule has 132 valence electrons. The standard InChI is InChI=1S/C18H25NO5/c1-6-7-13-8-14(9-15(23-4)17(13)24-5)18(22)19(10-12(2)3)11-16(20)21/h6,8-9,12H,1,7,10-11H2,2-5H3,(H,20,21). The lowest BCUT2D eigenvalue weighted by molar-refractivity contribution is -0.137. The molecule has 0 saturated heterocycles. The number of carboxylic acids is 1. The summed E-state index contributed by atoms with van der Waals surface area (Å²) in [6.45, 7) is 7.58. The zero-order chi connectivity index (χ0) is 18.3. The van der Waals surface area contributed by atoms with Crippen molar-refractivity contribution in [3.05, 3.63) is 35.9 Å². The number of amides is 1. The van der Waals surface area contributed by atoms with E-state index in [-0.39, 0.29) is 18.4 Å². The van der Waals surface area contributed by atoms with Crippen molar-refractivity contribution in [1.82, 2.24) is 4.90 Å². The summed E-state index contributed by atoms with van der Waals surface area (Å²) in [6, 6.07) is 3.27. The van der Waals surface area contributed by atoms with Gasteiger partial charge in [-0.25, -0.2) is 0 Å². The summed E-state index contributed by atoms with van der Waals surface area (Å²) >= 11 is 0. The van der Waals surface area contributed by atoms with E-state index in [1.165, 1.54) is 19.1 Å². The van der Waals surface area contributed by atoms with Crippen molar-refractivity contribution in [1.29, 1.82) is 0 Å². The van der Waals surface area contributed by atoms with Crippen LogP contribution < -0.4 is 9.47 Å². The molecule has 0 spiro atoms. The highest BCUT2D eigenvalue weighted by Crippen LogP contribution is 2.33. The van der Waals surface area contributed by atoms with Crippen LogP contribution in [0.4, 0.5) is 0 Å². The van der Waals surface area contributed by atoms with Gasteiger partial charge in [0.1, 0.15) is 6.54 Å². The SMILES string of the molecule is C=CCc1cc(C(=O)N(CC(=O)O)CC(C)C)cc(OC)c1OC. The smallest absolute Gasteiger partial charge is 0.323 e. The molecule has 0 aliphatic heterocycles. The summed E-state index contributed by atoms with van der Waals surface area (Å²) in [6.07, 6.45) is 2.21. The summed E-state index contributed by atoms with van der Waals surface area (Å²) in [7, 11) is 3.02. The highest BCUT2D eigenvalue weighted by Gasteiger charge is 2.22. The average molecular weight is 335 g/mol. The van der Waals surface area contributed by atoms with E-state index in [1.54, 1.807) is 18.2 Å². The number of methoxy groups -OCH3 is 2. The largest absolute Gasteiger partial charge is 0.493 e. The summed E-state index contributed by atoms with van der Waals surface area (Å²) < 4.78 is 10.7. The molecule has 0 radical (unpaired) electrons. The molecule has 24 heavy (non-hydrogen) atoms. The third kappa shape index (κ3) is 5.01. The first-order chi connectivity index (χ1) is 11.3. The monoisotopic (exact) mass is 335 g/mol. The number of carboxylic acid groups (broad SMARTS) is 1. The Balaban J connectivity index is 3.30. The molecule has 0 heterocycles. The first-order valence-corrected chi connectivity index (χ1v) is 7.70. The van der Waals surface area contributed by atoms with Gasteiger partial charge in [0.2, 0.25) is 0 Å². The van der Waals surface area contributed by atoms with Gasteiger partial charge in [0.25, 0.3) is 5.91 Å². The Bertz CT molecular complexity index is 610. The van der Waals surface area contributed by atoms with Gasteiger partial charge in [0.05, 0.1) is 14.2 Å². The van der Waals surface area contributed by atoms with Crippen molar-refractivity contribution < 1.29 is 24.2 Å². The summed E-state index contributed by atoms with van der Waals surface area (Å²) in [5, 5.41) is 9.06. The summed E-state index contributed by atoms with van der Waals surface area (Å²) in [5.74, 6) is -0.267. The number of ether oxygens (including phenoxy) is 2. The molecule has 0 saturated carbocycles. The maximum absolute atomic E-state index is 12.8. The van der Waals surface area contributed by atoms with Crippen molar-refractivity contribution in [3.8, 4) is 11.5 Å². The Morgan fingerprint density at radius 2 is 1.96 bits per heavy atom. The third-order valence-corrected chi connectivity index (χ3v) is 3.37. The van der Waals surface area contributed by atoms with E-state index in [0.29, 0.717) is 30.0 Å². The molecule has 0 aliphatic carbocycles.